The number of nitrogens with zero attached hydrogens (tertiary/aromatic N) is 1. The van der Waals surface area contributed by atoms with Crippen molar-refractivity contribution in [2.45, 2.75) is 6.42 Å². The van der Waals surface area contributed by atoms with Gasteiger partial charge in [0.1, 0.15) is 11.4 Å². The van der Waals surface area contributed by atoms with Crippen LogP contribution in [0.5, 0.6) is 5.75 Å². The van der Waals surface area contributed by atoms with E-state index >= 15 is 0 Å². The Balaban J connectivity index is 2.01. The van der Waals surface area contributed by atoms with Crippen molar-refractivity contribution in [2.24, 2.45) is 0 Å². The normalized spacial score (nSPS) is 10.2. The van der Waals surface area contributed by atoms with Crippen molar-refractivity contribution in [2.75, 3.05) is 19.0 Å². The summed E-state index contributed by atoms with van der Waals surface area (Å²) in [4.78, 5) is 10.6. The fourth-order valence-electron chi connectivity index (χ4n) is 1.97. The minimum atomic E-state index is -0.390. The Bertz CT molecular complexity index is 647. The second-order valence-corrected chi connectivity index (χ2v) is 5.36. The van der Waals surface area contributed by atoms with Crippen LogP contribution in [0.25, 0.3) is 0 Å². The van der Waals surface area contributed by atoms with Crippen LogP contribution in [-0.4, -0.2) is 18.6 Å². The SMILES string of the molecule is COc1cccc(CCNc2ccc(Br)cc2[N+](=O)[O-])c1. The number of nitrogens with one attached hydrogen (secondary N) is 1. The third kappa shape index (κ3) is 4.19. The molecule has 0 bridgehead atoms. The summed E-state index contributed by atoms with van der Waals surface area (Å²) in [5.74, 6) is 0.808. The molecule has 5 nitrogen and oxygen atoms in total. The minimum absolute atomic E-state index is 0.0648. The molecule has 2 rings (SSSR count). The molecule has 110 valence electrons. The smallest absolute Gasteiger partial charge is 0.293 e. The predicted molar refractivity (Wildman–Crippen MR) is 86.0 cm³/mol. The second kappa shape index (κ2) is 7.08. The molecule has 0 saturated heterocycles. The van der Waals surface area contributed by atoms with Gasteiger partial charge in [0.2, 0.25) is 0 Å². The van der Waals surface area contributed by atoms with E-state index in [2.05, 4.69) is 21.2 Å². The van der Waals surface area contributed by atoms with Gasteiger partial charge in [0.15, 0.2) is 0 Å². The number of ether oxygens (including phenoxy) is 1. The number of anilines is 1. The first-order valence-corrected chi connectivity index (χ1v) is 7.20. The topological polar surface area (TPSA) is 64.4 Å². The summed E-state index contributed by atoms with van der Waals surface area (Å²) in [7, 11) is 1.63. The summed E-state index contributed by atoms with van der Waals surface area (Å²) in [6.45, 7) is 0.607. The summed E-state index contributed by atoms with van der Waals surface area (Å²) < 4.78 is 5.86. The van der Waals surface area contributed by atoms with E-state index in [1.165, 1.54) is 6.07 Å². The highest BCUT2D eigenvalue weighted by molar-refractivity contribution is 9.10. The van der Waals surface area contributed by atoms with Crippen molar-refractivity contribution in [3.63, 3.8) is 0 Å². The molecule has 0 spiro atoms. The zero-order valence-electron chi connectivity index (χ0n) is 11.5. The molecule has 0 fully saturated rings. The van der Waals surface area contributed by atoms with E-state index in [4.69, 9.17) is 4.74 Å². The maximum atomic E-state index is 11.0. The quantitative estimate of drug-likeness (QED) is 0.631. The van der Waals surface area contributed by atoms with Gasteiger partial charge >= 0.3 is 0 Å². The lowest BCUT2D eigenvalue weighted by Crippen LogP contribution is -2.07. The molecule has 0 saturated carbocycles. The van der Waals surface area contributed by atoms with Crippen LogP contribution in [0, 0.1) is 10.1 Å². The van der Waals surface area contributed by atoms with Crippen LogP contribution in [0.2, 0.25) is 0 Å². The number of halogens is 1. The Morgan fingerprint density at radius 2 is 2.10 bits per heavy atom. The zero-order chi connectivity index (χ0) is 15.2. The van der Waals surface area contributed by atoms with Gasteiger partial charge in [-0.05, 0) is 36.2 Å². The average molecular weight is 351 g/mol. The van der Waals surface area contributed by atoms with E-state index in [0.717, 1.165) is 17.7 Å². The van der Waals surface area contributed by atoms with Crippen molar-refractivity contribution in [3.8, 4) is 5.75 Å². The largest absolute Gasteiger partial charge is 0.497 e. The van der Waals surface area contributed by atoms with Crippen molar-refractivity contribution < 1.29 is 9.66 Å². The van der Waals surface area contributed by atoms with E-state index < -0.39 is 4.92 Å². The van der Waals surface area contributed by atoms with Gasteiger partial charge < -0.3 is 10.1 Å². The standard InChI is InChI=1S/C15H15BrN2O3/c1-21-13-4-2-3-11(9-13)7-8-17-14-6-5-12(16)10-15(14)18(19)20/h2-6,9-10,17H,7-8H2,1H3. The summed E-state index contributed by atoms with van der Waals surface area (Å²) in [5, 5.41) is 14.1. The van der Waals surface area contributed by atoms with Gasteiger partial charge in [-0.1, -0.05) is 28.1 Å². The fourth-order valence-corrected chi connectivity index (χ4v) is 2.32. The first kappa shape index (κ1) is 15.3. The minimum Gasteiger partial charge on any atom is -0.497 e. The third-order valence-electron chi connectivity index (χ3n) is 3.02. The second-order valence-electron chi connectivity index (χ2n) is 4.45. The van der Waals surface area contributed by atoms with Crippen LogP contribution in [0.3, 0.4) is 0 Å². The highest BCUT2D eigenvalue weighted by atomic mass is 79.9. The Morgan fingerprint density at radius 1 is 1.29 bits per heavy atom. The zero-order valence-corrected chi connectivity index (χ0v) is 13.1. The number of hydrogen-bond acceptors (Lipinski definition) is 4. The Kier molecular flexibility index (Phi) is 5.16. The molecule has 6 heteroatoms. The van der Waals surface area contributed by atoms with Crippen molar-refractivity contribution in [3.05, 3.63) is 62.6 Å². The number of hydrogen-bond donors (Lipinski definition) is 1. The third-order valence-corrected chi connectivity index (χ3v) is 3.51. The average Bonchev–Trinajstić information content (AvgIpc) is 2.48. The number of rotatable bonds is 6. The van der Waals surface area contributed by atoms with E-state index in [1.807, 2.05) is 24.3 Å². The van der Waals surface area contributed by atoms with Gasteiger partial charge in [-0.3, -0.25) is 10.1 Å². The number of nitro benzene ring substituents is 1. The van der Waals surface area contributed by atoms with Crippen molar-refractivity contribution in [1.82, 2.24) is 0 Å². The molecule has 0 heterocycles. The molecule has 1 N–H and O–H groups in total. The summed E-state index contributed by atoms with van der Waals surface area (Å²) in [6, 6.07) is 12.7. The van der Waals surface area contributed by atoms with Gasteiger partial charge in [0, 0.05) is 17.1 Å². The summed E-state index contributed by atoms with van der Waals surface area (Å²) in [5.41, 5.74) is 1.70. The Morgan fingerprint density at radius 3 is 2.81 bits per heavy atom. The van der Waals surface area contributed by atoms with E-state index in [-0.39, 0.29) is 5.69 Å². The number of nitro groups is 1. The summed E-state index contributed by atoms with van der Waals surface area (Å²) in [6.07, 6.45) is 0.754. The van der Waals surface area contributed by atoms with Crippen LogP contribution >= 0.6 is 15.9 Å². The molecule has 0 atom stereocenters. The first-order valence-electron chi connectivity index (χ1n) is 6.41. The molecule has 21 heavy (non-hydrogen) atoms. The Hall–Kier alpha value is -2.08. The maximum absolute atomic E-state index is 11.0. The molecule has 0 aromatic heterocycles. The highest BCUT2D eigenvalue weighted by Gasteiger charge is 2.13. The first-order chi connectivity index (χ1) is 10.1. The highest BCUT2D eigenvalue weighted by Crippen LogP contribution is 2.27. The molecule has 0 aliphatic carbocycles. The molecule has 2 aromatic carbocycles. The van der Waals surface area contributed by atoms with Crippen LogP contribution in [0.1, 0.15) is 5.56 Å². The summed E-state index contributed by atoms with van der Waals surface area (Å²) >= 11 is 3.24. The molecule has 0 radical (unpaired) electrons. The van der Waals surface area contributed by atoms with E-state index in [9.17, 15) is 10.1 Å². The molecule has 0 unspecified atom stereocenters. The monoisotopic (exact) mass is 350 g/mol. The van der Waals surface area contributed by atoms with E-state index in [1.54, 1.807) is 19.2 Å². The van der Waals surface area contributed by atoms with Crippen LogP contribution < -0.4 is 10.1 Å². The molecule has 0 amide bonds. The lowest BCUT2D eigenvalue weighted by molar-refractivity contribution is -0.384. The molecule has 0 aliphatic heterocycles. The predicted octanol–water partition coefficient (Wildman–Crippen LogP) is 4.02. The van der Waals surface area contributed by atoms with Crippen molar-refractivity contribution in [1.29, 1.82) is 0 Å². The van der Waals surface area contributed by atoms with Crippen LogP contribution in [0.15, 0.2) is 46.9 Å². The number of benzene rings is 2. The van der Waals surface area contributed by atoms with Gasteiger partial charge in [-0.25, -0.2) is 0 Å². The van der Waals surface area contributed by atoms with Crippen LogP contribution in [0.4, 0.5) is 11.4 Å². The van der Waals surface area contributed by atoms with Crippen LogP contribution in [-0.2, 0) is 6.42 Å². The molecule has 0 aliphatic rings. The molecular formula is C15H15BrN2O3. The maximum Gasteiger partial charge on any atom is 0.293 e. The molecule has 2 aromatic rings. The van der Waals surface area contributed by atoms with Gasteiger partial charge in [0.05, 0.1) is 12.0 Å². The van der Waals surface area contributed by atoms with Crippen molar-refractivity contribution >= 4 is 27.3 Å². The van der Waals surface area contributed by atoms with Gasteiger partial charge in [0.25, 0.3) is 5.69 Å². The number of methoxy groups -OCH3 is 1. The lowest BCUT2D eigenvalue weighted by atomic mass is 10.1. The fraction of sp³-hybridized carbons (Fsp3) is 0.200. The van der Waals surface area contributed by atoms with Gasteiger partial charge in [-0.15, -0.1) is 0 Å². The Labute approximate surface area is 131 Å². The lowest BCUT2D eigenvalue weighted by Gasteiger charge is -2.08. The van der Waals surface area contributed by atoms with Gasteiger partial charge in [-0.2, -0.15) is 0 Å². The van der Waals surface area contributed by atoms with E-state index in [0.29, 0.717) is 16.7 Å². The molecular weight excluding hydrogens is 336 g/mol.